The zero-order valence-electron chi connectivity index (χ0n) is 18.4. The van der Waals surface area contributed by atoms with Gasteiger partial charge in [0.05, 0.1) is 0 Å². The fourth-order valence-corrected chi connectivity index (χ4v) is 3.35. The van der Waals surface area contributed by atoms with Crippen molar-refractivity contribution in [3.8, 4) is 5.75 Å². The highest BCUT2D eigenvalue weighted by Crippen LogP contribution is 2.15. The van der Waals surface area contributed by atoms with Crippen molar-refractivity contribution in [2.24, 2.45) is 4.99 Å². The van der Waals surface area contributed by atoms with Crippen LogP contribution in [-0.4, -0.2) is 78.8 Å². The molecule has 1 fully saturated rings. The lowest BCUT2D eigenvalue weighted by Gasteiger charge is -2.36. The monoisotopic (exact) mass is 562 g/mol. The Bertz CT molecular complexity index is 806. The van der Waals surface area contributed by atoms with Gasteiger partial charge >= 0.3 is 0 Å². The fourth-order valence-electron chi connectivity index (χ4n) is 3.22. The third kappa shape index (κ3) is 8.12. The number of hydrogen-bond donors (Lipinski definition) is 1. The van der Waals surface area contributed by atoms with Gasteiger partial charge in [0, 0.05) is 63.7 Å². The molecule has 0 bridgehead atoms. The number of hydrogen-bond acceptors (Lipinski definition) is 6. The third-order valence-corrected chi connectivity index (χ3v) is 5.25. The number of aliphatic imine (C=N–C) groups is 1. The molecule has 172 valence electrons. The molecule has 1 aromatic carbocycles. The summed E-state index contributed by atoms with van der Waals surface area (Å²) in [7, 11) is 1.82. The lowest BCUT2D eigenvalue weighted by atomic mass is 10.2. The Hall–Kier alpha value is -1.59. The van der Waals surface area contributed by atoms with Gasteiger partial charge < -0.3 is 19.5 Å². The van der Waals surface area contributed by atoms with E-state index < -0.39 is 0 Å². The van der Waals surface area contributed by atoms with Gasteiger partial charge in [0.15, 0.2) is 11.8 Å². The number of aromatic nitrogens is 2. The SMILES string of the molecule is CN=C(NCCc1nc(C(C)C)no1)N1CCN(CCOc2ccc(Cl)cc2)CC1.I. The minimum absolute atomic E-state index is 0. The van der Waals surface area contributed by atoms with Gasteiger partial charge in [-0.15, -0.1) is 24.0 Å². The standard InChI is InChI=1S/C21H31ClN6O2.HI/c1-16(2)20-25-19(30-26-20)8-9-24-21(23-3)28-12-10-27(11-13-28)14-15-29-18-6-4-17(22)5-7-18;/h4-7,16H,8-15H2,1-3H3,(H,23,24);1H. The van der Waals surface area contributed by atoms with E-state index in [2.05, 4.69) is 44.1 Å². The van der Waals surface area contributed by atoms with E-state index in [0.29, 0.717) is 25.5 Å². The van der Waals surface area contributed by atoms with E-state index >= 15 is 0 Å². The molecule has 31 heavy (non-hydrogen) atoms. The van der Waals surface area contributed by atoms with E-state index in [9.17, 15) is 0 Å². The van der Waals surface area contributed by atoms with Crippen LogP contribution in [0.15, 0.2) is 33.8 Å². The van der Waals surface area contributed by atoms with E-state index in [1.807, 2.05) is 31.3 Å². The van der Waals surface area contributed by atoms with Crippen molar-refractivity contribution in [1.82, 2.24) is 25.3 Å². The predicted molar refractivity (Wildman–Crippen MR) is 134 cm³/mol. The highest BCUT2D eigenvalue weighted by molar-refractivity contribution is 14.0. The number of piperazine rings is 1. The van der Waals surface area contributed by atoms with Crippen LogP contribution in [0.5, 0.6) is 5.75 Å². The molecule has 2 aromatic rings. The average molecular weight is 563 g/mol. The van der Waals surface area contributed by atoms with Crippen LogP contribution in [0.4, 0.5) is 0 Å². The van der Waals surface area contributed by atoms with Crippen LogP contribution < -0.4 is 10.1 Å². The van der Waals surface area contributed by atoms with Gasteiger partial charge in [-0.2, -0.15) is 4.98 Å². The van der Waals surface area contributed by atoms with Gasteiger partial charge in [-0.05, 0) is 24.3 Å². The van der Waals surface area contributed by atoms with Crippen LogP contribution in [0.25, 0.3) is 0 Å². The molecule has 0 spiro atoms. The van der Waals surface area contributed by atoms with E-state index in [4.69, 9.17) is 20.9 Å². The van der Waals surface area contributed by atoms with Crippen molar-refractivity contribution in [2.75, 3.05) is 52.9 Å². The first kappa shape index (κ1) is 25.7. The topological polar surface area (TPSA) is 79.0 Å². The minimum Gasteiger partial charge on any atom is -0.492 e. The molecule has 0 radical (unpaired) electrons. The quantitative estimate of drug-likeness (QED) is 0.301. The molecule has 1 saturated heterocycles. The summed E-state index contributed by atoms with van der Waals surface area (Å²) >= 11 is 5.90. The van der Waals surface area contributed by atoms with Crippen molar-refractivity contribution in [1.29, 1.82) is 0 Å². The van der Waals surface area contributed by atoms with Crippen molar-refractivity contribution < 1.29 is 9.26 Å². The zero-order valence-corrected chi connectivity index (χ0v) is 21.5. The Labute approximate surface area is 206 Å². The number of halogens is 2. The highest BCUT2D eigenvalue weighted by atomic mass is 127. The predicted octanol–water partition coefficient (Wildman–Crippen LogP) is 3.28. The summed E-state index contributed by atoms with van der Waals surface area (Å²) in [5.41, 5.74) is 0. The zero-order chi connectivity index (χ0) is 21.3. The smallest absolute Gasteiger partial charge is 0.228 e. The lowest BCUT2D eigenvalue weighted by Crippen LogP contribution is -2.53. The number of guanidine groups is 1. The second-order valence-corrected chi connectivity index (χ2v) is 7.99. The summed E-state index contributed by atoms with van der Waals surface area (Å²) in [6.45, 7) is 10.2. The largest absolute Gasteiger partial charge is 0.492 e. The highest BCUT2D eigenvalue weighted by Gasteiger charge is 2.19. The first-order valence-electron chi connectivity index (χ1n) is 10.4. The van der Waals surface area contributed by atoms with Crippen molar-refractivity contribution in [2.45, 2.75) is 26.2 Å². The molecule has 3 rings (SSSR count). The first-order chi connectivity index (χ1) is 14.5. The molecule has 0 aliphatic carbocycles. The van der Waals surface area contributed by atoms with Crippen LogP contribution in [0.3, 0.4) is 0 Å². The van der Waals surface area contributed by atoms with Gasteiger partial charge in [-0.25, -0.2) is 0 Å². The molecule has 1 aliphatic rings. The van der Waals surface area contributed by atoms with Crippen molar-refractivity contribution in [3.05, 3.63) is 41.0 Å². The first-order valence-corrected chi connectivity index (χ1v) is 10.8. The van der Waals surface area contributed by atoms with Gasteiger partial charge in [0.25, 0.3) is 0 Å². The van der Waals surface area contributed by atoms with Crippen LogP contribution in [-0.2, 0) is 6.42 Å². The molecule has 1 aromatic heterocycles. The lowest BCUT2D eigenvalue weighted by molar-refractivity contribution is 0.152. The van der Waals surface area contributed by atoms with Crippen molar-refractivity contribution in [3.63, 3.8) is 0 Å². The summed E-state index contributed by atoms with van der Waals surface area (Å²) in [6.07, 6.45) is 0.681. The average Bonchev–Trinajstić information content (AvgIpc) is 3.23. The van der Waals surface area contributed by atoms with E-state index in [-0.39, 0.29) is 29.9 Å². The van der Waals surface area contributed by atoms with Gasteiger partial charge in [-0.1, -0.05) is 30.6 Å². The second-order valence-electron chi connectivity index (χ2n) is 7.56. The van der Waals surface area contributed by atoms with Crippen LogP contribution in [0.2, 0.25) is 5.02 Å². The number of nitrogens with one attached hydrogen (secondary N) is 1. The Kier molecular flexibility index (Phi) is 10.8. The Morgan fingerprint density at radius 1 is 1.23 bits per heavy atom. The summed E-state index contributed by atoms with van der Waals surface area (Å²) in [5.74, 6) is 3.45. The molecular weight excluding hydrogens is 531 g/mol. The molecule has 0 saturated carbocycles. The molecule has 0 unspecified atom stereocenters. The van der Waals surface area contributed by atoms with E-state index in [0.717, 1.165) is 55.3 Å². The van der Waals surface area contributed by atoms with Crippen LogP contribution in [0.1, 0.15) is 31.5 Å². The maximum atomic E-state index is 5.90. The van der Waals surface area contributed by atoms with Crippen LogP contribution in [0, 0.1) is 0 Å². The second kappa shape index (κ2) is 13.1. The molecular formula is C21H32ClIN6O2. The molecule has 8 nitrogen and oxygen atoms in total. The van der Waals surface area contributed by atoms with Crippen molar-refractivity contribution >= 4 is 41.5 Å². The molecule has 10 heteroatoms. The van der Waals surface area contributed by atoms with Gasteiger partial charge in [-0.3, -0.25) is 9.89 Å². The molecule has 0 amide bonds. The summed E-state index contributed by atoms with van der Waals surface area (Å²) in [4.78, 5) is 13.5. The summed E-state index contributed by atoms with van der Waals surface area (Å²) in [5, 5.41) is 8.13. The maximum Gasteiger partial charge on any atom is 0.228 e. The molecule has 1 aliphatic heterocycles. The number of ether oxygens (including phenoxy) is 1. The van der Waals surface area contributed by atoms with Gasteiger partial charge in [0.2, 0.25) is 5.89 Å². The van der Waals surface area contributed by atoms with Gasteiger partial charge in [0.1, 0.15) is 12.4 Å². The fraction of sp³-hybridized carbons (Fsp3) is 0.571. The summed E-state index contributed by atoms with van der Waals surface area (Å²) in [6, 6.07) is 7.48. The van der Waals surface area contributed by atoms with Crippen LogP contribution >= 0.6 is 35.6 Å². The summed E-state index contributed by atoms with van der Waals surface area (Å²) < 4.78 is 11.1. The number of nitrogens with zero attached hydrogens (tertiary/aromatic N) is 5. The van der Waals surface area contributed by atoms with E-state index in [1.54, 1.807) is 0 Å². The Morgan fingerprint density at radius 3 is 2.55 bits per heavy atom. The molecule has 2 heterocycles. The number of rotatable bonds is 8. The number of benzene rings is 1. The molecule has 1 N–H and O–H groups in total. The molecule has 0 atom stereocenters. The Morgan fingerprint density at radius 2 is 1.94 bits per heavy atom. The van der Waals surface area contributed by atoms with E-state index in [1.165, 1.54) is 0 Å². The minimum atomic E-state index is 0. The normalized spacial score (nSPS) is 15.1. The Balaban J connectivity index is 0.00000341. The third-order valence-electron chi connectivity index (χ3n) is 5.00. The maximum absolute atomic E-state index is 5.90.